The number of alkyl halides is 1. The topological polar surface area (TPSA) is 176 Å². The highest BCUT2D eigenvalue weighted by Crippen LogP contribution is 2.68. The quantitative estimate of drug-likeness (QED) is 0.160. The van der Waals surface area contributed by atoms with E-state index in [0.29, 0.717) is 41.7 Å². The lowest BCUT2D eigenvalue weighted by molar-refractivity contribution is -0.133. The van der Waals surface area contributed by atoms with Gasteiger partial charge in [-0.25, -0.2) is 0 Å². The number of hydrogen-bond donors (Lipinski definition) is 4. The van der Waals surface area contributed by atoms with Gasteiger partial charge >= 0.3 is 0 Å². The molecule has 12 aliphatic carbocycles. The van der Waals surface area contributed by atoms with Gasteiger partial charge in [-0.2, -0.15) is 15.3 Å². The number of carbonyl (C=O) groups excluding carboxylic acids is 3. The number of fused-ring (bicyclic) bond motifs is 15. The van der Waals surface area contributed by atoms with Gasteiger partial charge in [-0.3, -0.25) is 28.8 Å². The van der Waals surface area contributed by atoms with Gasteiger partial charge in [-0.15, -0.1) is 0 Å². The smallest absolute Gasteiger partial charge is 0.157 e. The third kappa shape index (κ3) is 12.7. The third-order valence-corrected chi connectivity index (χ3v) is 29.5. The molecule has 4 N–H and O–H groups in total. The lowest BCUT2D eigenvalue weighted by Crippen LogP contribution is -2.51. The summed E-state index contributed by atoms with van der Waals surface area (Å²) in [5, 5.41) is 47.4. The van der Waals surface area contributed by atoms with Gasteiger partial charge in [0, 0.05) is 47.7 Å². The summed E-state index contributed by atoms with van der Waals surface area (Å²) in [5.74, 6) is 13.9. The normalized spacial score (nSPS) is 46.0. The van der Waals surface area contributed by atoms with Crippen molar-refractivity contribution in [2.24, 2.45) is 123 Å². The largest absolute Gasteiger partial charge is 0.390 e. The first-order valence-corrected chi connectivity index (χ1v) is 37.2. The van der Waals surface area contributed by atoms with E-state index in [-0.39, 0.29) is 28.1 Å². The van der Waals surface area contributed by atoms with E-state index in [4.69, 9.17) is 0 Å². The van der Waals surface area contributed by atoms with E-state index in [1.54, 1.807) is 12.4 Å². The first kappa shape index (κ1) is 65.1. The monoisotopic (exact) mass is 1270 g/mol. The molecular weight excluding hydrogens is 1160 g/mol. The molecule has 12 aliphatic rings. The Labute approximate surface area is 537 Å². The van der Waals surface area contributed by atoms with Crippen molar-refractivity contribution in [1.29, 1.82) is 0 Å². The highest BCUT2D eigenvalue weighted by atomic mass is 79.9. The summed E-state index contributed by atoms with van der Waals surface area (Å²) >= 11 is 3.42. The van der Waals surface area contributed by atoms with Gasteiger partial charge in [0.2, 0.25) is 0 Å². The number of nitrogens with one attached hydrogen (secondary N) is 1. The lowest BCUT2D eigenvalue weighted by Gasteiger charge is -2.56. The molecule has 3 aromatic rings. The summed E-state index contributed by atoms with van der Waals surface area (Å²) in [4.78, 5) is 39.0. The number of rotatable bonds is 8. The minimum Gasteiger partial charge on any atom is -0.390 e. The molecule has 0 unspecified atom stereocenters. The van der Waals surface area contributed by atoms with Crippen molar-refractivity contribution in [3.8, 4) is 0 Å². The van der Waals surface area contributed by atoms with E-state index in [0.717, 1.165) is 164 Å². The zero-order valence-electron chi connectivity index (χ0n) is 55.8. The van der Waals surface area contributed by atoms with Crippen molar-refractivity contribution in [3.63, 3.8) is 0 Å². The van der Waals surface area contributed by atoms with Crippen molar-refractivity contribution in [2.45, 2.75) is 266 Å². The molecule has 488 valence electrons. The molecule has 12 fully saturated rings. The molecule has 15 rings (SSSR count). The first-order valence-electron chi connectivity index (χ1n) is 36.1. The van der Waals surface area contributed by atoms with Crippen LogP contribution in [0.3, 0.4) is 0 Å². The maximum Gasteiger partial charge on any atom is 0.157 e. The number of Topliss-reactive ketones (excluding diaryl/α,β-unsaturated/α-hetero) is 3. The summed E-state index contributed by atoms with van der Waals surface area (Å²) < 4.78 is 3.71. The van der Waals surface area contributed by atoms with Gasteiger partial charge in [0.25, 0.3) is 0 Å². The van der Waals surface area contributed by atoms with Crippen LogP contribution in [-0.4, -0.2) is 84.6 Å². The minimum atomic E-state index is -0.438. The summed E-state index contributed by atoms with van der Waals surface area (Å²) in [6, 6.07) is 5.88. The number of H-pyrrole nitrogens is 1. The second kappa shape index (κ2) is 25.4. The Kier molecular flexibility index (Phi) is 18.8. The fraction of sp³-hybridized carbons (Fsp3) is 0.840. The number of ketones is 3. The Hall–Kier alpha value is -3.00. The zero-order chi connectivity index (χ0) is 62.3. The summed E-state index contributed by atoms with van der Waals surface area (Å²) in [6.07, 6.45) is 37.6. The molecule has 12 nitrogen and oxygen atoms in total. The number of hydrogen-bond acceptors (Lipinski definition) is 9. The molecule has 0 bridgehead atoms. The Balaban J connectivity index is 0.000000123. The highest BCUT2D eigenvalue weighted by molar-refractivity contribution is 9.09. The van der Waals surface area contributed by atoms with Crippen LogP contribution in [0.25, 0.3) is 0 Å². The van der Waals surface area contributed by atoms with E-state index in [1.807, 2.05) is 75.3 Å². The fourth-order valence-corrected chi connectivity index (χ4v) is 25.3. The number of aromatic nitrogens is 6. The molecule has 0 saturated heterocycles. The van der Waals surface area contributed by atoms with Gasteiger partial charge in [0.05, 0.1) is 34.4 Å². The average molecular weight is 1280 g/mol. The van der Waals surface area contributed by atoms with Crippen LogP contribution in [0.2, 0.25) is 0 Å². The Morgan fingerprint density at radius 3 is 1.24 bits per heavy atom. The van der Waals surface area contributed by atoms with Crippen molar-refractivity contribution in [3.05, 3.63) is 53.9 Å². The van der Waals surface area contributed by atoms with Crippen LogP contribution in [0.1, 0.15) is 232 Å². The molecule has 0 amide bonds. The molecule has 0 radical (unpaired) electrons. The molecule has 12 saturated carbocycles. The third-order valence-electron chi connectivity index (χ3n) is 29.0. The highest BCUT2D eigenvalue weighted by Gasteiger charge is 2.62. The SMILES string of the molecule is C[C@@]1(O)CC[C@H]2[C@H](CC[C@@H]3[C@@H]2CC[C@]2(C)[C@@H](C(=O)CBr)CC[C@@H]32)C1.Cc1ccn(CC(=O)[C@H]2CC[C@H]3[C@@H]4CC[C@@H]5C[C@](C)(O)CC[C@@H]5[C@H]4CC[C@]23C)n1.Cc1ccn[nH]1.Cc1ccnn1CC(=O)[C@H]1CC[C@H]2[C@@H]3CC[C@@H]4C[C@](C)(O)CC[C@@H]4[C@H]3CC[C@]12C. The molecule has 13 heteroatoms. The fourth-order valence-electron chi connectivity index (χ4n) is 24.9. The molecule has 3 aromatic heterocycles. The van der Waals surface area contributed by atoms with Crippen LogP contribution >= 0.6 is 15.9 Å². The number of aromatic amines is 1. The van der Waals surface area contributed by atoms with Crippen LogP contribution in [0.15, 0.2) is 36.8 Å². The molecule has 24 atom stereocenters. The zero-order valence-corrected chi connectivity index (χ0v) is 57.3. The standard InChI is InChI=1S/2C25H38N2O2.C21H33BrO2.C4H6N2/c1-16-10-13-27(26-16)15-23(28)22-7-6-21-20-5-4-17-14-24(2,29)11-8-18(17)19(20)9-12-25(21,22)3;1-16-10-13-26-27(16)15-23(28)22-7-6-21-20-5-4-17-14-24(2,29)11-8-18(17)19(20)9-12-25(21,22)3;1-20(24)9-7-14-13(11-20)3-4-16-15(14)8-10-21(2)17(16)5-6-18(21)19(23)12-22;1-4-2-3-5-6-4/h2*10,13,17-22,29H,4-9,11-12,14-15H2,1-3H3;13-18,24H,3-12H2,1-2H3;2-3H,1H3,(H,5,6)/t2*17-,18+,19-,20-,21+,22-,24-,25+;13-,14+,15-,16-,17+,18-,20-,21+;/m111./s1. The maximum atomic E-state index is 13.3. The Bertz CT molecular complexity index is 2910. The van der Waals surface area contributed by atoms with Crippen molar-refractivity contribution in [2.75, 3.05) is 5.33 Å². The van der Waals surface area contributed by atoms with E-state index in [1.165, 1.54) is 116 Å². The van der Waals surface area contributed by atoms with Crippen molar-refractivity contribution < 1.29 is 29.7 Å². The van der Waals surface area contributed by atoms with Crippen molar-refractivity contribution >= 4 is 33.3 Å². The summed E-state index contributed by atoms with van der Waals surface area (Å²) in [6.45, 7) is 20.3. The van der Waals surface area contributed by atoms with E-state index >= 15 is 0 Å². The van der Waals surface area contributed by atoms with Gasteiger partial charge in [0.15, 0.2) is 11.6 Å². The Morgan fingerprint density at radius 2 is 0.898 bits per heavy atom. The number of carbonyl (C=O) groups is 3. The van der Waals surface area contributed by atoms with Crippen LogP contribution in [-0.2, 0) is 27.5 Å². The second-order valence-corrected chi connectivity index (χ2v) is 34.7. The summed E-state index contributed by atoms with van der Waals surface area (Å²) in [5.41, 5.74) is 2.51. The molecule has 0 spiro atoms. The van der Waals surface area contributed by atoms with Crippen LogP contribution < -0.4 is 0 Å². The predicted molar refractivity (Wildman–Crippen MR) is 350 cm³/mol. The van der Waals surface area contributed by atoms with Crippen LogP contribution in [0.5, 0.6) is 0 Å². The van der Waals surface area contributed by atoms with E-state index in [2.05, 4.69) is 57.1 Å². The lowest BCUT2D eigenvalue weighted by atomic mass is 9.49. The predicted octanol–water partition coefficient (Wildman–Crippen LogP) is 15.2. The molecule has 0 aliphatic heterocycles. The number of aliphatic hydroxyl groups is 3. The van der Waals surface area contributed by atoms with Crippen LogP contribution in [0, 0.1) is 144 Å². The maximum absolute atomic E-state index is 13.3. The number of aryl methyl sites for hydroxylation is 3. The van der Waals surface area contributed by atoms with Crippen LogP contribution in [0.4, 0.5) is 0 Å². The summed E-state index contributed by atoms with van der Waals surface area (Å²) in [7, 11) is 0. The first-order chi connectivity index (χ1) is 41.8. The molecule has 88 heavy (non-hydrogen) atoms. The second-order valence-electron chi connectivity index (χ2n) is 34.1. The van der Waals surface area contributed by atoms with Gasteiger partial charge in [-0.05, 0) is 338 Å². The van der Waals surface area contributed by atoms with Gasteiger partial charge in [-0.1, -0.05) is 36.7 Å². The molecule has 3 heterocycles. The number of halogens is 1. The minimum absolute atomic E-state index is 0.187. The molecule has 0 aromatic carbocycles. The van der Waals surface area contributed by atoms with E-state index in [9.17, 15) is 29.7 Å². The average Bonchev–Trinajstić information content (AvgIpc) is 1.51. The van der Waals surface area contributed by atoms with Crippen molar-refractivity contribution in [1.82, 2.24) is 29.8 Å². The Morgan fingerprint density at radius 1 is 0.489 bits per heavy atom. The van der Waals surface area contributed by atoms with Gasteiger partial charge < -0.3 is 15.3 Å². The number of nitrogens with zero attached hydrogens (tertiary/aromatic N) is 5. The molecular formula is C75H115BrN6O6. The van der Waals surface area contributed by atoms with E-state index < -0.39 is 16.8 Å². The van der Waals surface area contributed by atoms with Gasteiger partial charge in [0.1, 0.15) is 12.3 Å².